The molecule has 26 heavy (non-hydrogen) atoms. The van der Waals surface area contributed by atoms with Gasteiger partial charge in [-0.25, -0.2) is 4.79 Å². The van der Waals surface area contributed by atoms with Crippen LogP contribution in [0.25, 0.3) is 0 Å². The van der Waals surface area contributed by atoms with Crippen LogP contribution < -0.4 is 10.2 Å². The Kier molecular flexibility index (Phi) is 4.58. The molecule has 1 aromatic rings. The van der Waals surface area contributed by atoms with Crippen molar-refractivity contribution in [3.63, 3.8) is 0 Å². The molecule has 0 aromatic heterocycles. The van der Waals surface area contributed by atoms with Gasteiger partial charge < -0.3 is 15.1 Å². The van der Waals surface area contributed by atoms with Gasteiger partial charge in [0.15, 0.2) is 0 Å². The van der Waals surface area contributed by atoms with Crippen molar-refractivity contribution in [3.8, 4) is 6.07 Å². The summed E-state index contributed by atoms with van der Waals surface area (Å²) in [5.74, 6) is -1.26. The third kappa shape index (κ3) is 3.09. The van der Waals surface area contributed by atoms with E-state index in [2.05, 4.69) is 11.4 Å². The molecule has 2 fully saturated rings. The third-order valence-electron chi connectivity index (χ3n) is 4.45. The summed E-state index contributed by atoms with van der Waals surface area (Å²) >= 11 is 0. The van der Waals surface area contributed by atoms with E-state index in [1.807, 2.05) is 0 Å². The Bertz CT molecular complexity index is 815. The van der Waals surface area contributed by atoms with E-state index in [-0.39, 0.29) is 31.6 Å². The third-order valence-corrected chi connectivity index (χ3v) is 4.45. The van der Waals surface area contributed by atoms with E-state index in [1.165, 1.54) is 9.80 Å². The summed E-state index contributed by atoms with van der Waals surface area (Å²) in [6.07, 6.45) is 0. The molecular formula is C17H17N5O4. The number of nitriles is 1. The van der Waals surface area contributed by atoms with Crippen LogP contribution in [0.5, 0.6) is 0 Å². The quantitative estimate of drug-likeness (QED) is 0.746. The maximum Gasteiger partial charge on any atom is 0.325 e. The Balaban J connectivity index is 1.73. The van der Waals surface area contributed by atoms with Gasteiger partial charge >= 0.3 is 6.03 Å². The summed E-state index contributed by atoms with van der Waals surface area (Å²) in [5.41, 5.74) is 0.889. The number of hydrogen-bond acceptors (Lipinski definition) is 5. The molecule has 0 radical (unpaired) electrons. The highest BCUT2D eigenvalue weighted by atomic mass is 16.2. The van der Waals surface area contributed by atoms with Crippen molar-refractivity contribution in [2.45, 2.75) is 13.0 Å². The average Bonchev–Trinajstić information content (AvgIpc) is 2.95. The number of rotatable bonds is 3. The monoisotopic (exact) mass is 355 g/mol. The van der Waals surface area contributed by atoms with Crippen molar-refractivity contribution in [3.05, 3.63) is 29.8 Å². The summed E-state index contributed by atoms with van der Waals surface area (Å²) < 4.78 is 0. The fraction of sp³-hybridized carbons (Fsp3) is 0.353. The van der Waals surface area contributed by atoms with Gasteiger partial charge in [0, 0.05) is 12.6 Å². The van der Waals surface area contributed by atoms with Gasteiger partial charge in [-0.1, -0.05) is 12.1 Å². The second kappa shape index (κ2) is 6.84. The maximum atomic E-state index is 12.6. The van der Waals surface area contributed by atoms with Gasteiger partial charge in [-0.2, -0.15) is 5.26 Å². The van der Waals surface area contributed by atoms with Gasteiger partial charge in [0.05, 0.1) is 17.8 Å². The van der Waals surface area contributed by atoms with E-state index in [1.54, 1.807) is 31.2 Å². The highest BCUT2D eigenvalue weighted by Gasteiger charge is 2.37. The first kappa shape index (κ1) is 17.4. The van der Waals surface area contributed by atoms with Crippen LogP contribution in [0.2, 0.25) is 0 Å². The van der Waals surface area contributed by atoms with E-state index < -0.39 is 24.4 Å². The average molecular weight is 355 g/mol. The van der Waals surface area contributed by atoms with E-state index >= 15 is 0 Å². The molecule has 1 unspecified atom stereocenters. The van der Waals surface area contributed by atoms with Gasteiger partial charge in [-0.15, -0.1) is 0 Å². The van der Waals surface area contributed by atoms with Gasteiger partial charge in [-0.05, 0) is 19.1 Å². The number of nitrogens with one attached hydrogen (secondary N) is 1. The first-order valence-corrected chi connectivity index (χ1v) is 8.09. The zero-order valence-electron chi connectivity index (χ0n) is 14.1. The molecule has 1 aromatic carbocycles. The summed E-state index contributed by atoms with van der Waals surface area (Å²) in [4.78, 5) is 51.9. The predicted molar refractivity (Wildman–Crippen MR) is 89.8 cm³/mol. The maximum absolute atomic E-state index is 12.6. The number of piperazine rings is 1. The highest BCUT2D eigenvalue weighted by Crippen LogP contribution is 2.24. The molecule has 134 valence electrons. The Morgan fingerprint density at radius 1 is 1.27 bits per heavy atom. The molecule has 0 saturated carbocycles. The largest absolute Gasteiger partial charge is 0.329 e. The Morgan fingerprint density at radius 2 is 2.00 bits per heavy atom. The lowest BCUT2D eigenvalue weighted by atomic mass is 10.1. The van der Waals surface area contributed by atoms with Crippen molar-refractivity contribution in [2.24, 2.45) is 0 Å². The number of anilines is 1. The lowest BCUT2D eigenvalue weighted by Gasteiger charge is -2.40. The fourth-order valence-corrected chi connectivity index (χ4v) is 3.06. The number of hydrogen-bond donors (Lipinski definition) is 1. The number of para-hydroxylation sites is 1. The van der Waals surface area contributed by atoms with Crippen LogP contribution in [0.3, 0.4) is 0 Å². The zero-order chi connectivity index (χ0) is 18.8. The first-order valence-electron chi connectivity index (χ1n) is 8.09. The minimum Gasteiger partial charge on any atom is -0.329 e. The molecule has 2 aliphatic rings. The summed E-state index contributed by atoms with van der Waals surface area (Å²) in [6, 6.07) is 7.89. The summed E-state index contributed by atoms with van der Waals surface area (Å²) in [5, 5.41) is 11.6. The lowest BCUT2D eigenvalue weighted by molar-refractivity contribution is -0.141. The molecule has 9 heteroatoms. The van der Waals surface area contributed by atoms with Gasteiger partial charge in [0.2, 0.25) is 11.8 Å². The van der Waals surface area contributed by atoms with E-state index in [0.29, 0.717) is 11.3 Å². The second-order valence-corrected chi connectivity index (χ2v) is 6.14. The van der Waals surface area contributed by atoms with Gasteiger partial charge in [-0.3, -0.25) is 19.3 Å². The van der Waals surface area contributed by atoms with Crippen molar-refractivity contribution in [1.82, 2.24) is 15.1 Å². The Morgan fingerprint density at radius 3 is 2.65 bits per heavy atom. The molecule has 9 nitrogen and oxygen atoms in total. The molecule has 0 aliphatic carbocycles. The highest BCUT2D eigenvalue weighted by molar-refractivity contribution is 6.05. The molecule has 0 bridgehead atoms. The van der Waals surface area contributed by atoms with Crippen LogP contribution in [0.15, 0.2) is 24.3 Å². The Labute approximate surface area is 149 Å². The molecule has 2 aliphatic heterocycles. The lowest BCUT2D eigenvalue weighted by Crippen LogP contribution is -2.59. The first-order chi connectivity index (χ1) is 12.4. The normalized spacial score (nSPS) is 20.2. The van der Waals surface area contributed by atoms with Crippen molar-refractivity contribution in [2.75, 3.05) is 31.1 Å². The van der Waals surface area contributed by atoms with Crippen LogP contribution in [-0.4, -0.2) is 65.8 Å². The minimum atomic E-state index is -0.607. The molecule has 1 atom stereocenters. The van der Waals surface area contributed by atoms with Crippen molar-refractivity contribution in [1.29, 1.82) is 5.26 Å². The predicted octanol–water partition coefficient (Wildman–Crippen LogP) is -0.326. The molecule has 2 heterocycles. The SMILES string of the molecule is CC1CN(c2ccccc2C#N)C(=O)CN1C(=O)CN1C(=O)CNC1=O. The van der Waals surface area contributed by atoms with Crippen LogP contribution in [-0.2, 0) is 14.4 Å². The smallest absolute Gasteiger partial charge is 0.325 e. The molecule has 0 spiro atoms. The number of urea groups is 1. The molecule has 5 amide bonds. The standard InChI is InChI=1S/C17H17N5O4/c1-11-8-21(13-5-3-2-4-12(13)6-18)16(25)9-20(11)15(24)10-22-14(23)7-19-17(22)26/h2-5,11H,7-10H2,1H3,(H,19,26). The van der Waals surface area contributed by atoms with Crippen molar-refractivity contribution < 1.29 is 19.2 Å². The van der Waals surface area contributed by atoms with Crippen LogP contribution in [0.4, 0.5) is 10.5 Å². The fourth-order valence-electron chi connectivity index (χ4n) is 3.06. The number of carbonyl (C=O) groups is 4. The zero-order valence-corrected chi connectivity index (χ0v) is 14.1. The number of benzene rings is 1. The number of imide groups is 1. The molecule has 2 saturated heterocycles. The van der Waals surface area contributed by atoms with Gasteiger partial charge in [0.1, 0.15) is 19.2 Å². The summed E-state index contributed by atoms with van der Waals surface area (Å²) in [6.45, 7) is 1.31. The van der Waals surface area contributed by atoms with Crippen LogP contribution in [0.1, 0.15) is 12.5 Å². The number of carbonyl (C=O) groups excluding carboxylic acids is 4. The van der Waals surface area contributed by atoms with Crippen LogP contribution >= 0.6 is 0 Å². The number of amides is 5. The topological polar surface area (TPSA) is 114 Å². The molecule has 3 rings (SSSR count). The molecule has 1 N–H and O–H groups in total. The van der Waals surface area contributed by atoms with E-state index in [9.17, 15) is 24.4 Å². The summed E-state index contributed by atoms with van der Waals surface area (Å²) in [7, 11) is 0. The Hall–Kier alpha value is -3.41. The molecular weight excluding hydrogens is 338 g/mol. The van der Waals surface area contributed by atoms with Gasteiger partial charge in [0.25, 0.3) is 5.91 Å². The minimum absolute atomic E-state index is 0.126. The van der Waals surface area contributed by atoms with E-state index in [0.717, 1.165) is 4.90 Å². The van der Waals surface area contributed by atoms with Crippen LogP contribution in [0, 0.1) is 11.3 Å². The number of nitrogens with zero attached hydrogens (tertiary/aromatic N) is 4. The van der Waals surface area contributed by atoms with E-state index in [4.69, 9.17) is 0 Å². The second-order valence-electron chi connectivity index (χ2n) is 6.14. The van der Waals surface area contributed by atoms with Crippen molar-refractivity contribution >= 4 is 29.4 Å².